The van der Waals surface area contributed by atoms with Crippen molar-refractivity contribution in [3.8, 4) is 17.6 Å². The van der Waals surface area contributed by atoms with Crippen LogP contribution in [0, 0.1) is 11.3 Å². The van der Waals surface area contributed by atoms with Crippen molar-refractivity contribution in [3.05, 3.63) is 47.7 Å². The standard InChI is InChI=1S/C18H16N4O3/c19-11-14-2-1-5-20-17(14)21-6-8-22(9-7-21)18(23)13-3-4-15-16(10-13)25-12-24-15/h1-5,10H,6-9,12H2. The van der Waals surface area contributed by atoms with Crippen molar-refractivity contribution in [1.82, 2.24) is 9.88 Å². The van der Waals surface area contributed by atoms with Crippen LogP contribution in [0.5, 0.6) is 11.5 Å². The van der Waals surface area contributed by atoms with E-state index in [4.69, 9.17) is 9.47 Å². The first-order valence-corrected chi connectivity index (χ1v) is 8.05. The summed E-state index contributed by atoms with van der Waals surface area (Å²) in [6, 6.07) is 10.9. The van der Waals surface area contributed by atoms with Crippen LogP contribution >= 0.6 is 0 Å². The summed E-state index contributed by atoms with van der Waals surface area (Å²) in [6.07, 6.45) is 1.68. The minimum absolute atomic E-state index is 0.0283. The molecule has 0 aliphatic carbocycles. The molecule has 2 aliphatic heterocycles. The molecular formula is C18H16N4O3. The first-order chi connectivity index (χ1) is 12.3. The second kappa shape index (κ2) is 6.32. The zero-order valence-corrected chi connectivity index (χ0v) is 13.5. The van der Waals surface area contributed by atoms with Gasteiger partial charge in [-0.2, -0.15) is 5.26 Å². The van der Waals surface area contributed by atoms with Crippen LogP contribution in [-0.4, -0.2) is 48.8 Å². The van der Waals surface area contributed by atoms with E-state index in [0.717, 1.165) is 0 Å². The molecule has 126 valence electrons. The van der Waals surface area contributed by atoms with Crippen molar-refractivity contribution >= 4 is 11.7 Å². The molecule has 0 atom stereocenters. The highest BCUT2D eigenvalue weighted by atomic mass is 16.7. The van der Waals surface area contributed by atoms with Crippen LogP contribution < -0.4 is 14.4 Å². The molecule has 1 saturated heterocycles. The maximum atomic E-state index is 12.7. The lowest BCUT2D eigenvalue weighted by atomic mass is 10.1. The van der Waals surface area contributed by atoms with Crippen LogP contribution in [0.4, 0.5) is 5.82 Å². The number of nitrogens with zero attached hydrogens (tertiary/aromatic N) is 4. The van der Waals surface area contributed by atoms with Crippen LogP contribution in [0.1, 0.15) is 15.9 Å². The Morgan fingerprint density at radius 3 is 2.72 bits per heavy atom. The third-order valence-corrected chi connectivity index (χ3v) is 4.39. The Hall–Kier alpha value is -3.27. The quantitative estimate of drug-likeness (QED) is 0.830. The number of hydrogen-bond acceptors (Lipinski definition) is 6. The number of amides is 1. The summed E-state index contributed by atoms with van der Waals surface area (Å²) in [5.74, 6) is 1.93. The number of carbonyl (C=O) groups is 1. The van der Waals surface area contributed by atoms with Crippen molar-refractivity contribution in [2.45, 2.75) is 0 Å². The van der Waals surface area contributed by atoms with E-state index in [1.165, 1.54) is 0 Å². The molecule has 0 saturated carbocycles. The lowest BCUT2D eigenvalue weighted by Crippen LogP contribution is -2.49. The lowest BCUT2D eigenvalue weighted by Gasteiger charge is -2.35. The third kappa shape index (κ3) is 2.83. The fourth-order valence-corrected chi connectivity index (χ4v) is 3.07. The molecule has 0 radical (unpaired) electrons. The van der Waals surface area contributed by atoms with E-state index in [1.807, 2.05) is 9.80 Å². The third-order valence-electron chi connectivity index (χ3n) is 4.39. The van der Waals surface area contributed by atoms with Crippen molar-refractivity contribution in [2.75, 3.05) is 37.9 Å². The second-order valence-electron chi connectivity index (χ2n) is 5.83. The molecule has 7 heteroatoms. The summed E-state index contributed by atoms with van der Waals surface area (Å²) in [4.78, 5) is 20.9. The van der Waals surface area contributed by atoms with E-state index in [-0.39, 0.29) is 12.7 Å². The zero-order valence-electron chi connectivity index (χ0n) is 13.5. The molecule has 7 nitrogen and oxygen atoms in total. The van der Waals surface area contributed by atoms with Crippen molar-refractivity contribution in [3.63, 3.8) is 0 Å². The molecule has 0 N–H and O–H groups in total. The Morgan fingerprint density at radius 1 is 1.12 bits per heavy atom. The average molecular weight is 336 g/mol. The van der Waals surface area contributed by atoms with E-state index >= 15 is 0 Å². The maximum absolute atomic E-state index is 12.7. The monoisotopic (exact) mass is 336 g/mol. The van der Waals surface area contributed by atoms with Gasteiger partial charge in [0.1, 0.15) is 11.9 Å². The SMILES string of the molecule is N#Cc1cccnc1N1CCN(C(=O)c2ccc3c(c2)OCO3)CC1. The zero-order chi connectivity index (χ0) is 17.2. The lowest BCUT2D eigenvalue weighted by molar-refractivity contribution is 0.0746. The molecule has 1 fully saturated rings. The van der Waals surface area contributed by atoms with Gasteiger partial charge in [0.2, 0.25) is 6.79 Å². The maximum Gasteiger partial charge on any atom is 0.254 e. The second-order valence-corrected chi connectivity index (χ2v) is 5.83. The van der Waals surface area contributed by atoms with Crippen LogP contribution in [0.2, 0.25) is 0 Å². The van der Waals surface area contributed by atoms with Crippen LogP contribution in [0.3, 0.4) is 0 Å². The highest BCUT2D eigenvalue weighted by molar-refractivity contribution is 5.95. The summed E-state index contributed by atoms with van der Waals surface area (Å²) >= 11 is 0. The highest BCUT2D eigenvalue weighted by Crippen LogP contribution is 2.33. The predicted molar refractivity (Wildman–Crippen MR) is 89.6 cm³/mol. The van der Waals surface area contributed by atoms with E-state index < -0.39 is 0 Å². The molecule has 1 amide bonds. The Labute approximate surface area is 145 Å². The smallest absolute Gasteiger partial charge is 0.254 e. The Morgan fingerprint density at radius 2 is 1.92 bits per heavy atom. The number of aromatic nitrogens is 1. The number of fused-ring (bicyclic) bond motifs is 1. The minimum Gasteiger partial charge on any atom is -0.454 e. The number of ether oxygens (including phenoxy) is 2. The Balaban J connectivity index is 1.45. The van der Waals surface area contributed by atoms with Gasteiger partial charge in [-0.15, -0.1) is 0 Å². The molecule has 3 heterocycles. The topological polar surface area (TPSA) is 78.7 Å². The summed E-state index contributed by atoms with van der Waals surface area (Å²) < 4.78 is 10.6. The van der Waals surface area contributed by atoms with Gasteiger partial charge in [0, 0.05) is 37.9 Å². The van der Waals surface area contributed by atoms with Gasteiger partial charge in [0.15, 0.2) is 11.5 Å². The van der Waals surface area contributed by atoms with Crippen LogP contribution in [-0.2, 0) is 0 Å². The van der Waals surface area contributed by atoms with Gasteiger partial charge in [-0.3, -0.25) is 4.79 Å². The first-order valence-electron chi connectivity index (χ1n) is 8.05. The van der Waals surface area contributed by atoms with Crippen LogP contribution in [0.25, 0.3) is 0 Å². The van der Waals surface area contributed by atoms with Gasteiger partial charge in [0.25, 0.3) is 5.91 Å². The summed E-state index contributed by atoms with van der Waals surface area (Å²) in [5.41, 5.74) is 1.14. The molecule has 4 rings (SSSR count). The van der Waals surface area contributed by atoms with Gasteiger partial charge in [-0.1, -0.05) is 0 Å². The normalized spacial score (nSPS) is 15.8. The number of piperazine rings is 1. The van der Waals surface area contributed by atoms with E-state index in [0.29, 0.717) is 54.6 Å². The van der Waals surface area contributed by atoms with Gasteiger partial charge < -0.3 is 19.3 Å². The molecule has 2 aromatic rings. The number of nitriles is 1. The molecule has 0 unspecified atom stereocenters. The summed E-state index contributed by atoms with van der Waals surface area (Å²) in [7, 11) is 0. The number of hydrogen-bond donors (Lipinski definition) is 0. The summed E-state index contributed by atoms with van der Waals surface area (Å²) in [6.45, 7) is 2.63. The average Bonchev–Trinajstić information content (AvgIpc) is 3.15. The molecular weight excluding hydrogens is 320 g/mol. The predicted octanol–water partition coefficient (Wildman–Crippen LogP) is 1.64. The van der Waals surface area contributed by atoms with Gasteiger partial charge >= 0.3 is 0 Å². The van der Waals surface area contributed by atoms with Gasteiger partial charge in [0.05, 0.1) is 5.56 Å². The van der Waals surface area contributed by atoms with E-state index in [9.17, 15) is 10.1 Å². The van der Waals surface area contributed by atoms with Crippen LogP contribution in [0.15, 0.2) is 36.5 Å². The fraction of sp³-hybridized carbons (Fsp3) is 0.278. The number of rotatable bonds is 2. The van der Waals surface area contributed by atoms with E-state index in [2.05, 4.69) is 11.1 Å². The number of anilines is 1. The van der Waals surface area contributed by atoms with Crippen molar-refractivity contribution < 1.29 is 14.3 Å². The van der Waals surface area contributed by atoms with Gasteiger partial charge in [-0.05, 0) is 30.3 Å². The number of pyridine rings is 1. The van der Waals surface area contributed by atoms with Crippen molar-refractivity contribution in [1.29, 1.82) is 5.26 Å². The molecule has 0 bridgehead atoms. The van der Waals surface area contributed by atoms with Crippen molar-refractivity contribution in [2.24, 2.45) is 0 Å². The number of carbonyl (C=O) groups excluding carboxylic acids is 1. The number of benzene rings is 1. The summed E-state index contributed by atoms with van der Waals surface area (Å²) in [5, 5.41) is 9.21. The Bertz CT molecular complexity index is 854. The largest absolute Gasteiger partial charge is 0.454 e. The van der Waals surface area contributed by atoms with Gasteiger partial charge in [-0.25, -0.2) is 4.98 Å². The van der Waals surface area contributed by atoms with E-state index in [1.54, 1.807) is 36.5 Å². The molecule has 2 aliphatic rings. The molecule has 1 aromatic heterocycles. The molecule has 1 aromatic carbocycles. The molecule has 25 heavy (non-hydrogen) atoms. The minimum atomic E-state index is -0.0283. The first kappa shape index (κ1) is 15.3. The fourth-order valence-electron chi connectivity index (χ4n) is 3.07. The molecule has 0 spiro atoms. The highest BCUT2D eigenvalue weighted by Gasteiger charge is 2.25. The Kier molecular flexibility index (Phi) is 3.86.